The molecule has 0 saturated carbocycles. The summed E-state index contributed by atoms with van der Waals surface area (Å²) in [6.45, 7) is 6.34. The number of carbonyl (C=O) groups is 1. The van der Waals surface area contributed by atoms with Gasteiger partial charge in [0.25, 0.3) is 5.91 Å². The summed E-state index contributed by atoms with van der Waals surface area (Å²) in [6, 6.07) is 6.13. The van der Waals surface area contributed by atoms with Gasteiger partial charge in [-0.05, 0) is 80.1 Å². The van der Waals surface area contributed by atoms with Gasteiger partial charge in [-0.1, -0.05) is 13.0 Å². The summed E-state index contributed by atoms with van der Waals surface area (Å²) < 4.78 is 0. The third-order valence-corrected chi connectivity index (χ3v) is 5.67. The number of thiophene rings is 1. The summed E-state index contributed by atoms with van der Waals surface area (Å²) in [4.78, 5) is 13.8. The quantitative estimate of drug-likeness (QED) is 0.547. The summed E-state index contributed by atoms with van der Waals surface area (Å²) >= 11 is 6.96. The van der Waals surface area contributed by atoms with Gasteiger partial charge in [-0.25, -0.2) is 0 Å². The maximum atomic E-state index is 12.5. The van der Waals surface area contributed by atoms with Crippen molar-refractivity contribution in [1.82, 2.24) is 10.9 Å². The average Bonchev–Trinajstić information content (AvgIpc) is 2.94. The molecule has 1 aliphatic carbocycles. The Morgan fingerprint density at radius 3 is 2.64 bits per heavy atom. The van der Waals surface area contributed by atoms with Crippen molar-refractivity contribution in [3.05, 3.63) is 50.7 Å². The summed E-state index contributed by atoms with van der Waals surface area (Å²) in [6.07, 6.45) is 3.20. The van der Waals surface area contributed by atoms with Gasteiger partial charge >= 0.3 is 0 Å². The van der Waals surface area contributed by atoms with Crippen molar-refractivity contribution in [2.45, 2.75) is 40.0 Å². The fraction of sp³-hybridized carbons (Fsp3) is 0.368. The van der Waals surface area contributed by atoms with Crippen LogP contribution >= 0.6 is 23.6 Å². The molecular formula is C19H23N3OS2. The number of anilines is 1. The number of nitrogens with one attached hydrogen (secondary N) is 3. The first kappa shape index (κ1) is 17.9. The molecule has 1 heterocycles. The Bertz CT molecular complexity index is 793. The maximum absolute atomic E-state index is 12.5. The third-order valence-electron chi connectivity index (χ3n) is 4.42. The summed E-state index contributed by atoms with van der Waals surface area (Å²) in [5.41, 5.74) is 10.7. The van der Waals surface area contributed by atoms with Crippen LogP contribution < -0.4 is 16.2 Å². The summed E-state index contributed by atoms with van der Waals surface area (Å²) in [5, 5.41) is 5.43. The van der Waals surface area contributed by atoms with Crippen LogP contribution in [0.15, 0.2) is 23.6 Å². The van der Waals surface area contributed by atoms with Gasteiger partial charge in [-0.3, -0.25) is 15.6 Å². The minimum Gasteiger partial charge on any atom is -0.331 e. The lowest BCUT2D eigenvalue weighted by Gasteiger charge is -2.19. The standard InChI is InChI=1S/C19H23N3OS2/c1-11-4-5-15-16(10-25-17(15)9-11)18(23)21-22-19(24)20-14-7-12(2)6-13(3)8-14/h6-8,10-11H,4-5,9H2,1-3H3,(H,21,23)(H2,20,22,24). The predicted molar refractivity (Wildman–Crippen MR) is 108 cm³/mol. The van der Waals surface area contributed by atoms with Gasteiger partial charge in [-0.15, -0.1) is 11.3 Å². The molecule has 6 heteroatoms. The SMILES string of the molecule is Cc1cc(C)cc(NC(=S)NNC(=O)c2csc3c2CCC(C)C3)c1. The molecule has 0 fully saturated rings. The van der Waals surface area contributed by atoms with Crippen LogP contribution in [0.5, 0.6) is 0 Å². The Morgan fingerprint density at radius 2 is 1.92 bits per heavy atom. The number of thiocarbonyl (C=S) groups is 1. The zero-order valence-corrected chi connectivity index (χ0v) is 16.4. The maximum Gasteiger partial charge on any atom is 0.270 e. The molecule has 1 aliphatic rings. The van der Waals surface area contributed by atoms with Gasteiger partial charge in [0.1, 0.15) is 0 Å². The molecule has 0 saturated heterocycles. The smallest absolute Gasteiger partial charge is 0.270 e. The van der Waals surface area contributed by atoms with Gasteiger partial charge in [-0.2, -0.15) is 0 Å². The number of hydrogen-bond donors (Lipinski definition) is 3. The molecule has 0 spiro atoms. The number of carbonyl (C=O) groups excluding carboxylic acids is 1. The zero-order chi connectivity index (χ0) is 18.0. The monoisotopic (exact) mass is 373 g/mol. The Balaban J connectivity index is 1.58. The highest BCUT2D eigenvalue weighted by Crippen LogP contribution is 2.32. The lowest BCUT2D eigenvalue weighted by atomic mass is 9.88. The van der Waals surface area contributed by atoms with Crippen LogP contribution in [0, 0.1) is 19.8 Å². The van der Waals surface area contributed by atoms with Crippen LogP contribution in [0.3, 0.4) is 0 Å². The van der Waals surface area contributed by atoms with E-state index >= 15 is 0 Å². The van der Waals surface area contributed by atoms with Crippen molar-refractivity contribution in [3.63, 3.8) is 0 Å². The lowest BCUT2D eigenvalue weighted by molar-refractivity contribution is 0.0943. The number of amides is 1. The predicted octanol–water partition coefficient (Wildman–Crippen LogP) is 4.12. The first-order valence-corrected chi connectivity index (χ1v) is 9.76. The molecule has 0 aliphatic heterocycles. The van der Waals surface area contributed by atoms with Gasteiger partial charge in [0.2, 0.25) is 0 Å². The van der Waals surface area contributed by atoms with Crippen molar-refractivity contribution < 1.29 is 4.79 Å². The van der Waals surface area contributed by atoms with Gasteiger partial charge in [0.05, 0.1) is 5.56 Å². The minimum absolute atomic E-state index is 0.128. The number of benzene rings is 1. The van der Waals surface area contributed by atoms with E-state index < -0.39 is 0 Å². The molecule has 2 aromatic rings. The van der Waals surface area contributed by atoms with Crippen molar-refractivity contribution in [2.75, 3.05) is 5.32 Å². The summed E-state index contributed by atoms with van der Waals surface area (Å²) in [7, 11) is 0. The molecule has 3 N–H and O–H groups in total. The molecule has 25 heavy (non-hydrogen) atoms. The minimum atomic E-state index is -0.128. The van der Waals surface area contributed by atoms with Crippen LogP contribution in [0.1, 0.15) is 45.3 Å². The molecule has 1 amide bonds. The zero-order valence-electron chi connectivity index (χ0n) is 14.7. The van der Waals surface area contributed by atoms with E-state index in [0.29, 0.717) is 11.0 Å². The van der Waals surface area contributed by atoms with Crippen LogP contribution in [0.4, 0.5) is 5.69 Å². The second-order valence-electron chi connectivity index (χ2n) is 6.81. The van der Waals surface area contributed by atoms with Crippen LogP contribution in [-0.4, -0.2) is 11.0 Å². The van der Waals surface area contributed by atoms with Gasteiger partial charge in [0, 0.05) is 15.9 Å². The Labute approximate surface area is 158 Å². The largest absolute Gasteiger partial charge is 0.331 e. The Morgan fingerprint density at radius 1 is 1.20 bits per heavy atom. The number of rotatable bonds is 2. The molecule has 1 atom stereocenters. The fourth-order valence-corrected chi connectivity index (χ4v) is 4.67. The second-order valence-corrected chi connectivity index (χ2v) is 8.18. The number of aryl methyl sites for hydroxylation is 2. The van der Waals surface area contributed by atoms with E-state index in [-0.39, 0.29) is 5.91 Å². The second kappa shape index (κ2) is 7.54. The highest BCUT2D eigenvalue weighted by molar-refractivity contribution is 7.80. The van der Waals surface area contributed by atoms with E-state index in [2.05, 4.69) is 29.2 Å². The van der Waals surface area contributed by atoms with Gasteiger partial charge < -0.3 is 5.32 Å². The van der Waals surface area contributed by atoms with Crippen molar-refractivity contribution in [2.24, 2.45) is 5.92 Å². The van der Waals surface area contributed by atoms with Gasteiger partial charge in [0.15, 0.2) is 5.11 Å². The molecule has 1 aromatic carbocycles. The molecule has 0 radical (unpaired) electrons. The molecule has 0 bridgehead atoms. The lowest BCUT2D eigenvalue weighted by Crippen LogP contribution is -2.44. The van der Waals surface area contributed by atoms with E-state index in [9.17, 15) is 4.79 Å². The molecular weight excluding hydrogens is 350 g/mol. The van der Waals surface area contributed by atoms with Crippen LogP contribution in [0.2, 0.25) is 0 Å². The molecule has 132 valence electrons. The molecule has 3 rings (SSSR count). The van der Waals surface area contributed by atoms with Crippen molar-refractivity contribution >= 4 is 40.3 Å². The highest BCUT2D eigenvalue weighted by atomic mass is 32.1. The number of fused-ring (bicyclic) bond motifs is 1. The normalized spacial score (nSPS) is 16.0. The van der Waals surface area contributed by atoms with Crippen LogP contribution in [-0.2, 0) is 12.8 Å². The Hall–Kier alpha value is -1.92. The van der Waals surface area contributed by atoms with E-state index in [1.807, 2.05) is 31.4 Å². The highest BCUT2D eigenvalue weighted by Gasteiger charge is 2.23. The van der Waals surface area contributed by atoms with E-state index in [4.69, 9.17) is 12.2 Å². The van der Waals surface area contributed by atoms with E-state index in [1.165, 1.54) is 10.4 Å². The molecule has 1 aromatic heterocycles. The first-order valence-electron chi connectivity index (χ1n) is 8.47. The number of hydrogen-bond acceptors (Lipinski definition) is 3. The number of hydrazine groups is 1. The van der Waals surface area contributed by atoms with Crippen molar-refractivity contribution in [1.29, 1.82) is 0 Å². The third kappa shape index (κ3) is 4.38. The summed E-state index contributed by atoms with van der Waals surface area (Å²) in [5.74, 6) is 0.575. The van der Waals surface area contributed by atoms with Crippen molar-refractivity contribution in [3.8, 4) is 0 Å². The molecule has 1 unspecified atom stereocenters. The van der Waals surface area contributed by atoms with Crippen LogP contribution in [0.25, 0.3) is 0 Å². The fourth-order valence-electron chi connectivity index (χ4n) is 3.26. The average molecular weight is 374 g/mol. The topological polar surface area (TPSA) is 53.2 Å². The first-order chi connectivity index (χ1) is 11.9. The molecule has 4 nitrogen and oxygen atoms in total. The van der Waals surface area contributed by atoms with E-state index in [0.717, 1.165) is 41.6 Å². The Kier molecular flexibility index (Phi) is 5.39. The van der Waals surface area contributed by atoms with E-state index in [1.54, 1.807) is 11.3 Å².